The second-order valence-corrected chi connectivity index (χ2v) is 8.84. The maximum atomic E-state index is 12.6. The topological polar surface area (TPSA) is 79.4 Å². The highest BCUT2D eigenvalue weighted by molar-refractivity contribution is 7.91. The van der Waals surface area contributed by atoms with E-state index in [2.05, 4.69) is 10.3 Å². The van der Waals surface area contributed by atoms with Crippen LogP contribution in [-0.2, 0) is 14.8 Å². The van der Waals surface area contributed by atoms with Gasteiger partial charge in [-0.25, -0.2) is 13.4 Å². The summed E-state index contributed by atoms with van der Waals surface area (Å²) in [6.45, 7) is 4.66. The van der Waals surface area contributed by atoms with Gasteiger partial charge in [-0.15, -0.1) is 0 Å². The Morgan fingerprint density at radius 3 is 2.57 bits per heavy atom. The maximum absolute atomic E-state index is 12.6. The van der Waals surface area contributed by atoms with E-state index in [1.54, 1.807) is 6.92 Å². The van der Waals surface area contributed by atoms with Gasteiger partial charge in [0.05, 0.1) is 5.69 Å². The molecule has 0 bridgehead atoms. The predicted octanol–water partition coefficient (Wildman–Crippen LogP) is 1.64. The van der Waals surface area contributed by atoms with Gasteiger partial charge in [0.15, 0.2) is 8.68 Å². The Morgan fingerprint density at radius 1 is 1.48 bits per heavy atom. The van der Waals surface area contributed by atoms with Gasteiger partial charge in [-0.05, 0) is 25.7 Å². The summed E-state index contributed by atoms with van der Waals surface area (Å²) < 4.78 is 27.1. The molecule has 0 unspecified atom stereocenters. The summed E-state index contributed by atoms with van der Waals surface area (Å²) in [6.07, 6.45) is 1.48. The number of piperidine rings is 1. The van der Waals surface area contributed by atoms with E-state index in [9.17, 15) is 13.2 Å². The number of rotatable bonds is 4. The molecule has 2 rings (SSSR count). The van der Waals surface area contributed by atoms with Crippen LogP contribution in [0.5, 0.6) is 0 Å². The third kappa shape index (κ3) is 3.94. The van der Waals surface area contributed by atoms with Gasteiger partial charge in [-0.2, -0.15) is 4.31 Å². The molecule has 1 aliphatic rings. The highest BCUT2D eigenvalue weighted by Crippen LogP contribution is 2.31. The van der Waals surface area contributed by atoms with Crippen LogP contribution in [0.4, 0.5) is 0 Å². The minimum absolute atomic E-state index is 0.0556. The Balaban J connectivity index is 2.01. The van der Waals surface area contributed by atoms with Crippen LogP contribution < -0.4 is 5.32 Å². The Bertz CT molecular complexity index is 622. The number of hydrogen-bond donors (Lipinski definition) is 1. The van der Waals surface area contributed by atoms with Gasteiger partial charge in [0.2, 0.25) is 5.91 Å². The molecule has 1 saturated heterocycles. The fourth-order valence-corrected chi connectivity index (χ4v) is 5.69. The standard InChI is InChI=1S/C12H18ClN3O3S2/c1-8-11(20-12(13)15-8)21(18,19)16-5-3-10(4-6-16)7-14-9(2)17/h10H,3-7H2,1-2H3,(H,14,17). The molecule has 1 amide bonds. The first kappa shape index (κ1) is 16.7. The number of aromatic nitrogens is 1. The van der Waals surface area contributed by atoms with Gasteiger partial charge in [0, 0.05) is 26.6 Å². The van der Waals surface area contributed by atoms with E-state index in [-0.39, 0.29) is 14.6 Å². The molecule has 0 aliphatic carbocycles. The van der Waals surface area contributed by atoms with E-state index in [0.717, 1.165) is 24.2 Å². The number of nitrogens with one attached hydrogen (secondary N) is 1. The molecule has 0 aromatic carbocycles. The lowest BCUT2D eigenvalue weighted by molar-refractivity contribution is -0.119. The highest BCUT2D eigenvalue weighted by Gasteiger charge is 2.32. The van der Waals surface area contributed by atoms with E-state index in [4.69, 9.17) is 11.6 Å². The average Bonchev–Trinajstić information content (AvgIpc) is 2.76. The van der Waals surface area contributed by atoms with Crippen LogP contribution in [0.3, 0.4) is 0 Å². The Labute approximate surface area is 133 Å². The molecule has 1 aromatic rings. The van der Waals surface area contributed by atoms with Crippen LogP contribution in [0.2, 0.25) is 4.47 Å². The van der Waals surface area contributed by atoms with Gasteiger partial charge < -0.3 is 5.32 Å². The number of amides is 1. The summed E-state index contributed by atoms with van der Waals surface area (Å²) in [5, 5.41) is 2.78. The van der Waals surface area contributed by atoms with Crippen molar-refractivity contribution >= 4 is 38.9 Å². The Morgan fingerprint density at radius 2 is 2.10 bits per heavy atom. The van der Waals surface area contributed by atoms with Crippen LogP contribution in [0.15, 0.2) is 4.21 Å². The van der Waals surface area contributed by atoms with Gasteiger partial charge in [0.25, 0.3) is 10.0 Å². The fraction of sp³-hybridized carbons (Fsp3) is 0.667. The van der Waals surface area contributed by atoms with Crippen molar-refractivity contribution in [1.29, 1.82) is 0 Å². The molecule has 0 atom stereocenters. The first-order valence-electron chi connectivity index (χ1n) is 6.68. The molecule has 9 heteroatoms. The third-order valence-corrected chi connectivity index (χ3v) is 7.26. The Kier molecular flexibility index (Phi) is 5.24. The van der Waals surface area contributed by atoms with Crippen molar-refractivity contribution in [3.8, 4) is 0 Å². The molecule has 6 nitrogen and oxygen atoms in total. The molecule has 21 heavy (non-hydrogen) atoms. The molecule has 0 radical (unpaired) electrons. The normalized spacial score (nSPS) is 17.9. The number of carbonyl (C=O) groups excluding carboxylic acids is 1. The number of aryl methyl sites for hydroxylation is 1. The van der Waals surface area contributed by atoms with Gasteiger partial charge >= 0.3 is 0 Å². The van der Waals surface area contributed by atoms with Crippen molar-refractivity contribution in [1.82, 2.24) is 14.6 Å². The summed E-state index contributed by atoms with van der Waals surface area (Å²) in [7, 11) is -3.51. The van der Waals surface area contributed by atoms with Crippen LogP contribution in [0, 0.1) is 12.8 Å². The van der Waals surface area contributed by atoms with Crippen molar-refractivity contribution < 1.29 is 13.2 Å². The van der Waals surface area contributed by atoms with E-state index in [1.165, 1.54) is 11.2 Å². The summed E-state index contributed by atoms with van der Waals surface area (Å²) in [6, 6.07) is 0. The van der Waals surface area contributed by atoms with Crippen LogP contribution >= 0.6 is 22.9 Å². The third-order valence-electron chi connectivity index (χ3n) is 3.52. The van der Waals surface area contributed by atoms with Crippen LogP contribution in [-0.4, -0.2) is 43.2 Å². The van der Waals surface area contributed by atoms with E-state index < -0.39 is 10.0 Å². The SMILES string of the molecule is CC(=O)NCC1CCN(S(=O)(=O)c2sc(Cl)nc2C)CC1. The summed E-state index contributed by atoms with van der Waals surface area (Å²) in [5.74, 6) is 0.270. The molecule has 1 fully saturated rings. The van der Waals surface area contributed by atoms with E-state index in [1.807, 2.05) is 0 Å². The van der Waals surface area contributed by atoms with E-state index in [0.29, 0.717) is 31.2 Å². The smallest absolute Gasteiger partial charge is 0.254 e. The molecule has 0 spiro atoms. The number of halogens is 1. The quantitative estimate of drug-likeness (QED) is 0.894. The van der Waals surface area contributed by atoms with Gasteiger partial charge in [-0.3, -0.25) is 4.79 Å². The first-order valence-corrected chi connectivity index (χ1v) is 9.31. The van der Waals surface area contributed by atoms with Crippen LogP contribution in [0.1, 0.15) is 25.5 Å². The second-order valence-electron chi connectivity index (χ2n) is 5.12. The molecule has 1 aliphatic heterocycles. The predicted molar refractivity (Wildman–Crippen MR) is 82.0 cm³/mol. The summed E-state index contributed by atoms with van der Waals surface area (Å²) in [5.41, 5.74) is 0.449. The van der Waals surface area contributed by atoms with Crippen molar-refractivity contribution in [3.63, 3.8) is 0 Å². The number of carbonyl (C=O) groups is 1. The molecular formula is C12H18ClN3O3S2. The maximum Gasteiger partial charge on any atom is 0.254 e. The first-order chi connectivity index (χ1) is 9.80. The zero-order valence-corrected chi connectivity index (χ0v) is 14.3. The molecule has 118 valence electrons. The fourth-order valence-electron chi connectivity index (χ4n) is 2.35. The summed E-state index contributed by atoms with van der Waals surface area (Å²) >= 11 is 6.79. The molecule has 2 heterocycles. The zero-order valence-electron chi connectivity index (χ0n) is 11.9. The van der Waals surface area contributed by atoms with Gasteiger partial charge in [-0.1, -0.05) is 22.9 Å². The molecular weight excluding hydrogens is 334 g/mol. The minimum atomic E-state index is -3.51. The van der Waals surface area contributed by atoms with E-state index >= 15 is 0 Å². The molecule has 1 N–H and O–H groups in total. The van der Waals surface area contributed by atoms with Crippen LogP contribution in [0.25, 0.3) is 0 Å². The molecule has 0 saturated carbocycles. The zero-order chi connectivity index (χ0) is 15.6. The Hall–Kier alpha value is -0.700. The second kappa shape index (κ2) is 6.60. The van der Waals surface area contributed by atoms with Crippen molar-refractivity contribution in [2.45, 2.75) is 30.9 Å². The monoisotopic (exact) mass is 351 g/mol. The van der Waals surface area contributed by atoms with Crippen molar-refractivity contribution in [3.05, 3.63) is 10.2 Å². The highest BCUT2D eigenvalue weighted by atomic mass is 35.5. The lowest BCUT2D eigenvalue weighted by Gasteiger charge is -2.30. The number of nitrogens with zero attached hydrogens (tertiary/aromatic N) is 2. The minimum Gasteiger partial charge on any atom is -0.356 e. The largest absolute Gasteiger partial charge is 0.356 e. The van der Waals surface area contributed by atoms with Crippen molar-refractivity contribution in [2.75, 3.05) is 19.6 Å². The van der Waals surface area contributed by atoms with Crippen molar-refractivity contribution in [2.24, 2.45) is 5.92 Å². The number of thiazole rings is 1. The summed E-state index contributed by atoms with van der Waals surface area (Å²) in [4.78, 5) is 14.9. The number of hydrogen-bond acceptors (Lipinski definition) is 5. The molecule has 1 aromatic heterocycles. The average molecular weight is 352 g/mol. The lowest BCUT2D eigenvalue weighted by atomic mass is 9.98. The lowest BCUT2D eigenvalue weighted by Crippen LogP contribution is -2.41. The number of sulfonamides is 1. The van der Waals surface area contributed by atoms with Gasteiger partial charge in [0.1, 0.15) is 0 Å².